The van der Waals surface area contributed by atoms with Crippen molar-refractivity contribution in [3.05, 3.63) is 41.8 Å². The molecule has 0 aliphatic carbocycles. The third kappa shape index (κ3) is 2.36. The minimum absolute atomic E-state index is 0.0991. The average Bonchev–Trinajstić information content (AvgIpc) is 3.04. The normalized spacial score (nSPS) is 12.3. The number of fused-ring (bicyclic) bond motifs is 2. The maximum atomic E-state index is 11.6. The van der Waals surface area contributed by atoms with Crippen molar-refractivity contribution in [2.75, 3.05) is 0 Å². The zero-order chi connectivity index (χ0) is 17.1. The monoisotopic (exact) mass is 344 g/mol. The minimum atomic E-state index is -4.41. The highest BCUT2D eigenvalue weighted by molar-refractivity contribution is 7.86. The van der Waals surface area contributed by atoms with E-state index in [1.54, 1.807) is 38.1 Å². The second kappa shape index (κ2) is 4.89. The van der Waals surface area contributed by atoms with Gasteiger partial charge in [0.05, 0.1) is 5.56 Å². The fraction of sp³-hybridized carbons (Fsp3) is 0.125. The van der Waals surface area contributed by atoms with Gasteiger partial charge in [0.25, 0.3) is 10.1 Å². The number of hydrogen-bond donors (Lipinski definition) is 1. The smallest absolute Gasteiger partial charge is 0.295 e. The molecule has 0 radical (unpaired) electrons. The summed E-state index contributed by atoms with van der Waals surface area (Å²) in [6.07, 6.45) is 0. The molecule has 0 saturated carbocycles. The molecule has 0 spiro atoms. The molecule has 1 N–H and O–H groups in total. The van der Waals surface area contributed by atoms with Gasteiger partial charge in [-0.15, -0.1) is 0 Å². The Morgan fingerprint density at radius 3 is 2.33 bits per heavy atom. The maximum absolute atomic E-state index is 11.6. The van der Waals surface area contributed by atoms with Gasteiger partial charge in [0.15, 0.2) is 17.1 Å². The van der Waals surface area contributed by atoms with Gasteiger partial charge in [-0.3, -0.25) is 4.55 Å². The van der Waals surface area contributed by atoms with Crippen LogP contribution in [0.5, 0.6) is 0 Å². The van der Waals surface area contributed by atoms with Gasteiger partial charge in [0, 0.05) is 19.1 Å². The van der Waals surface area contributed by atoms with E-state index in [-0.39, 0.29) is 16.3 Å². The van der Waals surface area contributed by atoms with Crippen molar-refractivity contribution in [2.24, 2.45) is 0 Å². The largest absolute Gasteiger partial charge is 0.441 e. The van der Waals surface area contributed by atoms with Gasteiger partial charge in [-0.1, -0.05) is 6.07 Å². The first-order valence-corrected chi connectivity index (χ1v) is 8.51. The Labute approximate surface area is 136 Å². The predicted octanol–water partition coefficient (Wildman–Crippen LogP) is 3.50. The van der Waals surface area contributed by atoms with Crippen LogP contribution >= 0.6 is 0 Å². The second-order valence-corrected chi connectivity index (χ2v) is 6.90. The number of aromatic nitrogens is 2. The van der Waals surface area contributed by atoms with Crippen molar-refractivity contribution in [1.82, 2.24) is 9.97 Å². The van der Waals surface area contributed by atoms with E-state index in [1.807, 2.05) is 0 Å². The second-order valence-electron chi connectivity index (χ2n) is 5.51. The molecule has 0 fully saturated rings. The van der Waals surface area contributed by atoms with Crippen LogP contribution in [-0.2, 0) is 10.1 Å². The van der Waals surface area contributed by atoms with E-state index in [1.165, 1.54) is 6.07 Å². The van der Waals surface area contributed by atoms with E-state index in [2.05, 4.69) is 9.97 Å². The molecular weight excluding hydrogens is 332 g/mol. The SMILES string of the molecule is Cc1ccc(-c2nc3cc4oc(C)nc4cc3o2)c(S(=O)(=O)O)c1. The molecule has 8 heteroatoms. The number of rotatable bonds is 2. The van der Waals surface area contributed by atoms with Crippen molar-refractivity contribution < 1.29 is 21.8 Å². The van der Waals surface area contributed by atoms with Crippen LogP contribution in [0.1, 0.15) is 11.5 Å². The van der Waals surface area contributed by atoms with Crippen LogP contribution in [0.25, 0.3) is 33.7 Å². The molecule has 122 valence electrons. The molecule has 0 aliphatic heterocycles. The van der Waals surface area contributed by atoms with Gasteiger partial charge in [-0.25, -0.2) is 9.97 Å². The van der Waals surface area contributed by atoms with Crippen LogP contribution < -0.4 is 0 Å². The summed E-state index contributed by atoms with van der Waals surface area (Å²) in [6.45, 7) is 3.47. The first kappa shape index (κ1) is 14.9. The van der Waals surface area contributed by atoms with Crippen molar-refractivity contribution in [3.8, 4) is 11.5 Å². The highest BCUT2D eigenvalue weighted by atomic mass is 32.2. The van der Waals surface area contributed by atoms with Gasteiger partial charge in [-0.2, -0.15) is 8.42 Å². The topological polar surface area (TPSA) is 106 Å². The Balaban J connectivity index is 1.97. The number of nitrogens with zero attached hydrogens (tertiary/aromatic N) is 2. The fourth-order valence-electron chi connectivity index (χ4n) is 2.60. The molecule has 4 aromatic rings. The van der Waals surface area contributed by atoms with Crippen molar-refractivity contribution in [3.63, 3.8) is 0 Å². The lowest BCUT2D eigenvalue weighted by atomic mass is 10.1. The lowest BCUT2D eigenvalue weighted by Gasteiger charge is -2.04. The predicted molar refractivity (Wildman–Crippen MR) is 86.3 cm³/mol. The highest BCUT2D eigenvalue weighted by Crippen LogP contribution is 2.32. The van der Waals surface area contributed by atoms with Crippen LogP contribution in [0.3, 0.4) is 0 Å². The molecule has 0 amide bonds. The van der Waals surface area contributed by atoms with Crippen LogP contribution in [-0.4, -0.2) is 22.9 Å². The van der Waals surface area contributed by atoms with Crippen molar-refractivity contribution in [2.45, 2.75) is 18.7 Å². The Morgan fingerprint density at radius 2 is 1.62 bits per heavy atom. The van der Waals surface area contributed by atoms with Crippen LogP contribution in [0.4, 0.5) is 0 Å². The Kier molecular flexibility index (Phi) is 3.03. The minimum Gasteiger partial charge on any atom is -0.441 e. The zero-order valence-electron chi connectivity index (χ0n) is 12.8. The zero-order valence-corrected chi connectivity index (χ0v) is 13.6. The molecule has 24 heavy (non-hydrogen) atoms. The van der Waals surface area contributed by atoms with Crippen LogP contribution in [0.2, 0.25) is 0 Å². The summed E-state index contributed by atoms with van der Waals surface area (Å²) in [5.74, 6) is 0.632. The molecule has 0 bridgehead atoms. The van der Waals surface area contributed by atoms with Gasteiger partial charge in [-0.05, 0) is 24.6 Å². The lowest BCUT2D eigenvalue weighted by molar-refractivity contribution is 0.482. The molecule has 0 saturated heterocycles. The van der Waals surface area contributed by atoms with Crippen LogP contribution in [0, 0.1) is 13.8 Å². The Hall–Kier alpha value is -2.71. The standard InChI is InChI=1S/C16H12N2O5S/c1-8-3-4-10(15(5-8)24(19,20)21)16-18-12-7-13-11(6-14(12)23-16)17-9(2)22-13/h3-7H,1-2H3,(H,19,20,21). The van der Waals surface area contributed by atoms with E-state index in [0.29, 0.717) is 33.7 Å². The molecule has 0 unspecified atom stereocenters. The van der Waals surface area contributed by atoms with Crippen molar-refractivity contribution >= 4 is 32.3 Å². The molecule has 7 nitrogen and oxygen atoms in total. The number of oxazole rings is 2. The van der Waals surface area contributed by atoms with E-state index in [0.717, 1.165) is 0 Å². The first-order valence-electron chi connectivity index (χ1n) is 7.07. The van der Waals surface area contributed by atoms with E-state index >= 15 is 0 Å². The molecule has 2 aromatic carbocycles. The van der Waals surface area contributed by atoms with Gasteiger partial charge < -0.3 is 8.83 Å². The maximum Gasteiger partial charge on any atom is 0.295 e. The molecule has 2 heterocycles. The molecule has 0 aliphatic rings. The summed E-state index contributed by atoms with van der Waals surface area (Å²) in [7, 11) is -4.41. The van der Waals surface area contributed by atoms with E-state index < -0.39 is 10.1 Å². The molecule has 4 rings (SSSR count). The lowest BCUT2D eigenvalue weighted by Crippen LogP contribution is -2.01. The summed E-state index contributed by atoms with van der Waals surface area (Å²) in [4.78, 5) is 8.30. The molecular formula is C16H12N2O5S. The molecule has 2 aromatic heterocycles. The highest BCUT2D eigenvalue weighted by Gasteiger charge is 2.21. The fourth-order valence-corrected chi connectivity index (χ4v) is 3.37. The first-order chi connectivity index (χ1) is 11.3. The van der Waals surface area contributed by atoms with E-state index in [9.17, 15) is 13.0 Å². The summed E-state index contributed by atoms with van der Waals surface area (Å²) in [5, 5.41) is 0. The summed E-state index contributed by atoms with van der Waals surface area (Å²) < 4.78 is 43.9. The quantitative estimate of drug-likeness (QED) is 0.555. The van der Waals surface area contributed by atoms with Gasteiger partial charge in [0.1, 0.15) is 15.9 Å². The summed E-state index contributed by atoms with van der Waals surface area (Å²) in [5.41, 5.74) is 3.04. The Bertz CT molecular complexity index is 1150. The van der Waals surface area contributed by atoms with Crippen LogP contribution in [0.15, 0.2) is 44.1 Å². The third-order valence-electron chi connectivity index (χ3n) is 3.65. The number of hydrogen-bond acceptors (Lipinski definition) is 6. The third-order valence-corrected chi connectivity index (χ3v) is 4.54. The van der Waals surface area contributed by atoms with Gasteiger partial charge >= 0.3 is 0 Å². The van der Waals surface area contributed by atoms with Gasteiger partial charge in [0.2, 0.25) is 5.89 Å². The summed E-state index contributed by atoms with van der Waals surface area (Å²) >= 11 is 0. The number of aryl methyl sites for hydroxylation is 2. The van der Waals surface area contributed by atoms with Crippen molar-refractivity contribution in [1.29, 1.82) is 0 Å². The molecule has 0 atom stereocenters. The average molecular weight is 344 g/mol. The summed E-state index contributed by atoms with van der Waals surface area (Å²) in [6, 6.07) is 8.00. The Morgan fingerprint density at radius 1 is 0.958 bits per heavy atom. The van der Waals surface area contributed by atoms with E-state index in [4.69, 9.17) is 8.83 Å². The number of benzene rings is 2.